The van der Waals surface area contributed by atoms with Crippen molar-refractivity contribution >= 4 is 54.2 Å². The van der Waals surface area contributed by atoms with Crippen molar-refractivity contribution in [2.24, 2.45) is 0 Å². The molecule has 0 radical (unpaired) electrons. The molecule has 4 heteroatoms. The van der Waals surface area contributed by atoms with Gasteiger partial charge in [0.05, 0.1) is 5.69 Å². The fourth-order valence-electron chi connectivity index (χ4n) is 2.40. The van der Waals surface area contributed by atoms with E-state index in [9.17, 15) is 0 Å². The van der Waals surface area contributed by atoms with Crippen molar-refractivity contribution in [3.05, 3.63) is 58.4 Å². The average molecular weight is 388 g/mol. The summed E-state index contributed by atoms with van der Waals surface area (Å²) in [4.78, 5) is 10.3. The smallest absolute Gasteiger partial charge is 0.192 e. The molecule has 2 aromatic heterocycles. The van der Waals surface area contributed by atoms with Crippen LogP contribution in [0.4, 0.5) is 0 Å². The van der Waals surface area contributed by atoms with Crippen LogP contribution in [0.5, 0.6) is 0 Å². The number of aromatic nitrogens is 2. The van der Waals surface area contributed by atoms with Crippen LogP contribution in [0.2, 0.25) is 0 Å². The highest BCUT2D eigenvalue weighted by Gasteiger charge is 2.14. The molecule has 20 heavy (non-hydrogen) atoms. The van der Waals surface area contributed by atoms with Gasteiger partial charge < -0.3 is 0 Å². The molecule has 2 nitrogen and oxygen atoms in total. The Morgan fingerprint density at radius 2 is 1.60 bits per heavy atom. The first-order valence-corrected chi connectivity index (χ1v) is 8.12. The standard InChI is InChI=1S/C16H9IN2S/c17-16-18-14(10-6-2-1-3-7-10)13-11-8-4-5-9-12(11)20-15(13)19-16/h1-9H. The molecular formula is C16H9IN2S. The van der Waals surface area contributed by atoms with Gasteiger partial charge >= 0.3 is 0 Å². The van der Waals surface area contributed by atoms with Gasteiger partial charge in [0.1, 0.15) is 4.83 Å². The summed E-state index contributed by atoms with van der Waals surface area (Å²) in [7, 11) is 0. The van der Waals surface area contributed by atoms with Crippen LogP contribution in [0.15, 0.2) is 54.6 Å². The summed E-state index contributed by atoms with van der Waals surface area (Å²) >= 11 is 3.92. The van der Waals surface area contributed by atoms with Gasteiger partial charge in [0, 0.05) is 43.6 Å². The van der Waals surface area contributed by atoms with Crippen LogP contribution in [-0.4, -0.2) is 9.97 Å². The number of rotatable bonds is 1. The summed E-state index contributed by atoms with van der Waals surface area (Å²) in [6, 6.07) is 18.8. The van der Waals surface area contributed by atoms with Crippen molar-refractivity contribution in [1.29, 1.82) is 0 Å². The molecule has 2 aromatic carbocycles. The Labute approximate surface area is 133 Å². The van der Waals surface area contributed by atoms with Gasteiger partial charge in [-0.05, 0) is 6.07 Å². The van der Waals surface area contributed by atoms with Gasteiger partial charge in [-0.15, -0.1) is 11.3 Å². The second kappa shape index (κ2) is 4.79. The zero-order valence-electron chi connectivity index (χ0n) is 10.4. The number of thiophene rings is 1. The maximum Gasteiger partial charge on any atom is 0.192 e. The minimum absolute atomic E-state index is 0.792. The molecule has 0 aliphatic carbocycles. The number of fused-ring (bicyclic) bond motifs is 3. The molecule has 96 valence electrons. The first-order valence-electron chi connectivity index (χ1n) is 6.23. The van der Waals surface area contributed by atoms with E-state index in [-0.39, 0.29) is 0 Å². The molecule has 4 aromatic rings. The Morgan fingerprint density at radius 1 is 0.850 bits per heavy atom. The highest BCUT2D eigenvalue weighted by molar-refractivity contribution is 14.1. The molecule has 0 unspecified atom stereocenters. The van der Waals surface area contributed by atoms with Gasteiger partial charge in [0.25, 0.3) is 0 Å². The van der Waals surface area contributed by atoms with Crippen molar-refractivity contribution in [1.82, 2.24) is 9.97 Å². The zero-order valence-corrected chi connectivity index (χ0v) is 13.4. The fourth-order valence-corrected chi connectivity index (χ4v) is 4.12. The van der Waals surface area contributed by atoms with Gasteiger partial charge in [-0.1, -0.05) is 48.5 Å². The van der Waals surface area contributed by atoms with Crippen molar-refractivity contribution in [2.45, 2.75) is 0 Å². The molecule has 0 N–H and O–H groups in total. The van der Waals surface area contributed by atoms with E-state index in [1.54, 1.807) is 11.3 Å². The number of hydrogen-bond acceptors (Lipinski definition) is 3. The summed E-state index contributed by atoms with van der Waals surface area (Å²) in [5.41, 5.74) is 2.17. The van der Waals surface area contributed by atoms with Crippen molar-refractivity contribution in [3.63, 3.8) is 0 Å². The lowest BCUT2D eigenvalue weighted by Gasteiger charge is -2.03. The first kappa shape index (κ1) is 12.2. The van der Waals surface area contributed by atoms with Crippen LogP contribution in [0.1, 0.15) is 0 Å². The Hall–Kier alpha value is -1.53. The molecule has 0 atom stereocenters. The predicted octanol–water partition coefficient (Wildman–Crippen LogP) is 5.12. The summed E-state index contributed by atoms with van der Waals surface area (Å²) in [5.74, 6) is 0. The quantitative estimate of drug-likeness (QED) is 0.334. The van der Waals surface area contributed by atoms with Crippen LogP contribution in [0.3, 0.4) is 0 Å². The Kier molecular flexibility index (Phi) is 2.93. The van der Waals surface area contributed by atoms with Crippen LogP contribution in [-0.2, 0) is 0 Å². The van der Waals surface area contributed by atoms with E-state index in [4.69, 9.17) is 0 Å². The van der Waals surface area contributed by atoms with Gasteiger partial charge in [0.15, 0.2) is 3.83 Å². The second-order valence-corrected chi connectivity index (χ2v) is 6.48. The largest absolute Gasteiger partial charge is 0.222 e. The molecule has 2 heterocycles. The van der Waals surface area contributed by atoms with Crippen LogP contribution >= 0.6 is 33.9 Å². The van der Waals surface area contributed by atoms with Crippen LogP contribution in [0.25, 0.3) is 31.6 Å². The summed E-state index contributed by atoms with van der Waals surface area (Å²) in [5, 5.41) is 2.40. The monoisotopic (exact) mass is 388 g/mol. The van der Waals surface area contributed by atoms with Gasteiger partial charge in [-0.3, -0.25) is 0 Å². The van der Waals surface area contributed by atoms with Gasteiger partial charge in [0.2, 0.25) is 0 Å². The Morgan fingerprint density at radius 3 is 2.45 bits per heavy atom. The minimum Gasteiger partial charge on any atom is -0.222 e. The van der Waals surface area contributed by atoms with Crippen LogP contribution < -0.4 is 0 Å². The van der Waals surface area contributed by atoms with E-state index in [0.29, 0.717) is 0 Å². The highest BCUT2D eigenvalue weighted by atomic mass is 127. The van der Waals surface area contributed by atoms with E-state index in [1.165, 1.54) is 10.1 Å². The van der Waals surface area contributed by atoms with E-state index in [1.807, 2.05) is 18.2 Å². The molecular weight excluding hydrogens is 379 g/mol. The number of nitrogens with zero attached hydrogens (tertiary/aromatic N) is 2. The topological polar surface area (TPSA) is 25.8 Å². The number of halogens is 1. The molecule has 0 saturated carbocycles. The number of benzene rings is 2. The normalized spacial score (nSPS) is 11.2. The summed E-state index contributed by atoms with van der Waals surface area (Å²) < 4.78 is 2.05. The molecule has 0 saturated heterocycles. The van der Waals surface area contributed by atoms with E-state index in [0.717, 1.165) is 25.3 Å². The van der Waals surface area contributed by atoms with Crippen molar-refractivity contribution < 1.29 is 0 Å². The SMILES string of the molecule is Ic1nc(-c2ccccc2)c2c(n1)sc1ccccc12. The van der Waals surface area contributed by atoms with Crippen molar-refractivity contribution in [3.8, 4) is 11.3 Å². The Bertz CT molecular complexity index is 916. The van der Waals surface area contributed by atoms with Crippen LogP contribution in [0, 0.1) is 3.83 Å². The molecule has 0 spiro atoms. The van der Waals surface area contributed by atoms with Gasteiger partial charge in [-0.25, -0.2) is 9.97 Å². The van der Waals surface area contributed by atoms with Gasteiger partial charge in [-0.2, -0.15) is 0 Å². The molecule has 0 aliphatic heterocycles. The first-order chi connectivity index (χ1) is 9.83. The van der Waals surface area contributed by atoms with E-state index < -0.39 is 0 Å². The molecule has 0 amide bonds. The summed E-state index contributed by atoms with van der Waals surface area (Å²) in [6.45, 7) is 0. The molecule has 4 rings (SSSR count). The maximum absolute atomic E-state index is 4.68. The Balaban J connectivity index is 2.19. The molecule has 0 fully saturated rings. The lowest BCUT2D eigenvalue weighted by molar-refractivity contribution is 1.17. The van der Waals surface area contributed by atoms with E-state index >= 15 is 0 Å². The third-order valence-corrected chi connectivity index (χ3v) is 4.81. The lowest BCUT2D eigenvalue weighted by Crippen LogP contribution is -1.91. The molecule has 0 bridgehead atoms. The third-order valence-electron chi connectivity index (χ3n) is 3.26. The fraction of sp³-hybridized carbons (Fsp3) is 0. The minimum atomic E-state index is 0.792. The third kappa shape index (κ3) is 1.91. The van der Waals surface area contributed by atoms with Crippen molar-refractivity contribution in [2.75, 3.05) is 0 Å². The predicted molar refractivity (Wildman–Crippen MR) is 93.1 cm³/mol. The maximum atomic E-state index is 4.68. The van der Waals surface area contributed by atoms with E-state index in [2.05, 4.69) is 69.0 Å². The average Bonchev–Trinajstić information content (AvgIpc) is 2.85. The number of hydrogen-bond donors (Lipinski definition) is 0. The zero-order chi connectivity index (χ0) is 13.5. The summed E-state index contributed by atoms with van der Waals surface area (Å²) in [6.07, 6.45) is 0. The second-order valence-electron chi connectivity index (χ2n) is 4.49. The highest BCUT2D eigenvalue weighted by Crippen LogP contribution is 2.37. The lowest BCUT2D eigenvalue weighted by atomic mass is 10.1. The molecule has 0 aliphatic rings.